The summed E-state index contributed by atoms with van der Waals surface area (Å²) in [4.78, 5) is 8.34. The van der Waals surface area contributed by atoms with Crippen LogP contribution in [0.2, 0.25) is 0 Å². The molecular formula is C46H26N2O. The van der Waals surface area contributed by atoms with Gasteiger partial charge in [-0.1, -0.05) is 109 Å². The monoisotopic (exact) mass is 622 g/mol. The van der Waals surface area contributed by atoms with Gasteiger partial charge in [-0.15, -0.1) is 0 Å². The molecule has 49 heavy (non-hydrogen) atoms. The van der Waals surface area contributed by atoms with Gasteiger partial charge in [-0.2, -0.15) is 0 Å². The van der Waals surface area contributed by atoms with E-state index in [2.05, 4.69) is 137 Å². The van der Waals surface area contributed by atoms with Gasteiger partial charge in [0.25, 0.3) is 0 Å². The van der Waals surface area contributed by atoms with Gasteiger partial charge in [0.1, 0.15) is 11.2 Å². The molecule has 0 radical (unpaired) electrons. The number of hydrogen-bond donors (Lipinski definition) is 0. The first-order chi connectivity index (χ1) is 24.2. The number of nitrogens with zero attached hydrogens (tertiary/aromatic N) is 2. The van der Waals surface area contributed by atoms with E-state index >= 15 is 0 Å². The molecule has 3 nitrogen and oxygen atoms in total. The Hall–Kier alpha value is -6.76. The fraction of sp³-hybridized carbons (Fsp3) is 0. The normalized spacial score (nSPS) is 11.7. The summed E-state index contributed by atoms with van der Waals surface area (Å²) in [6.45, 7) is 7.52. The highest BCUT2D eigenvalue weighted by Gasteiger charge is 2.16. The number of para-hydroxylation sites is 1. The van der Waals surface area contributed by atoms with Gasteiger partial charge in [0.05, 0.1) is 12.1 Å². The molecule has 0 saturated heterocycles. The van der Waals surface area contributed by atoms with Gasteiger partial charge in [0, 0.05) is 27.9 Å². The first-order valence-electron chi connectivity index (χ1n) is 16.4. The van der Waals surface area contributed by atoms with Crippen molar-refractivity contribution in [3.05, 3.63) is 169 Å². The third-order valence-electron chi connectivity index (χ3n) is 9.91. The van der Waals surface area contributed by atoms with Crippen LogP contribution >= 0.6 is 0 Å². The van der Waals surface area contributed by atoms with Crippen LogP contribution in [0.25, 0.3) is 103 Å². The molecule has 0 bridgehead atoms. The summed E-state index contributed by atoms with van der Waals surface area (Å²) >= 11 is 0. The lowest BCUT2D eigenvalue weighted by atomic mass is 9.87. The third kappa shape index (κ3) is 4.25. The van der Waals surface area contributed by atoms with Gasteiger partial charge >= 0.3 is 0 Å². The molecule has 0 fully saturated rings. The lowest BCUT2D eigenvalue weighted by molar-refractivity contribution is 0.669. The Morgan fingerprint density at radius 2 is 1.00 bits per heavy atom. The summed E-state index contributed by atoms with van der Waals surface area (Å²) in [5.41, 5.74) is 10.2. The quantitative estimate of drug-likeness (QED) is 0.145. The van der Waals surface area contributed by atoms with Crippen molar-refractivity contribution >= 4 is 70.8 Å². The minimum absolute atomic E-state index is 0.610. The number of pyridine rings is 1. The number of hydrogen-bond acceptors (Lipinski definition) is 2. The van der Waals surface area contributed by atoms with Gasteiger partial charge in [-0.3, -0.25) is 4.98 Å². The van der Waals surface area contributed by atoms with Crippen molar-refractivity contribution in [2.45, 2.75) is 0 Å². The standard InChI is InChI=1S/C46H26N2O/c1-47-32-20-22-45-43(25-32)42-24-31(19-21-44(42)49-45)39-27-41-36-12-4-2-10-34(36)38(26-40(41)37-13-5-3-11-35(37)39)29-17-15-28(16-18-29)33-14-6-8-30-9-7-23-48-46(30)33/h2-27H. The Morgan fingerprint density at radius 3 is 1.69 bits per heavy atom. The maximum Gasteiger partial charge on any atom is 0.188 e. The Labute approximate surface area is 282 Å². The largest absolute Gasteiger partial charge is 0.456 e. The van der Waals surface area contributed by atoms with Crippen LogP contribution < -0.4 is 0 Å². The molecule has 0 atom stereocenters. The maximum atomic E-state index is 7.52. The Balaban J connectivity index is 1.18. The van der Waals surface area contributed by atoms with Crippen molar-refractivity contribution in [1.82, 2.24) is 4.98 Å². The van der Waals surface area contributed by atoms with Gasteiger partial charge in [0.15, 0.2) is 5.69 Å². The van der Waals surface area contributed by atoms with Crippen molar-refractivity contribution in [1.29, 1.82) is 0 Å². The van der Waals surface area contributed by atoms with Crippen molar-refractivity contribution in [2.75, 3.05) is 0 Å². The molecule has 0 N–H and O–H groups in total. The molecule has 2 heterocycles. The van der Waals surface area contributed by atoms with Gasteiger partial charge < -0.3 is 4.42 Å². The summed E-state index contributed by atoms with van der Waals surface area (Å²) in [7, 11) is 0. The molecule has 0 saturated carbocycles. The molecule has 10 aromatic rings. The van der Waals surface area contributed by atoms with Gasteiger partial charge in [-0.25, -0.2) is 4.85 Å². The lowest BCUT2D eigenvalue weighted by Gasteiger charge is -2.16. The molecule has 0 aliphatic rings. The van der Waals surface area contributed by atoms with Crippen LogP contribution in [0.1, 0.15) is 0 Å². The van der Waals surface area contributed by atoms with E-state index in [1.54, 1.807) is 0 Å². The second-order valence-corrected chi connectivity index (χ2v) is 12.6. The Kier molecular flexibility index (Phi) is 5.94. The molecule has 0 unspecified atom stereocenters. The van der Waals surface area contributed by atoms with Crippen molar-refractivity contribution in [3.63, 3.8) is 0 Å². The number of furan rings is 1. The van der Waals surface area contributed by atoms with Gasteiger partial charge in [0.2, 0.25) is 0 Å². The van der Waals surface area contributed by atoms with Crippen LogP contribution in [0, 0.1) is 6.57 Å². The summed E-state index contributed by atoms with van der Waals surface area (Å²) in [6.07, 6.45) is 1.86. The minimum Gasteiger partial charge on any atom is -0.456 e. The fourth-order valence-electron chi connectivity index (χ4n) is 7.60. The first kappa shape index (κ1) is 27.4. The fourth-order valence-corrected chi connectivity index (χ4v) is 7.60. The average molecular weight is 623 g/mol. The van der Waals surface area contributed by atoms with Crippen LogP contribution in [-0.4, -0.2) is 4.98 Å². The average Bonchev–Trinajstić information content (AvgIpc) is 3.54. The third-order valence-corrected chi connectivity index (χ3v) is 9.91. The van der Waals surface area contributed by atoms with Crippen LogP contribution in [0.15, 0.2) is 162 Å². The Morgan fingerprint density at radius 1 is 0.429 bits per heavy atom. The van der Waals surface area contributed by atoms with Crippen molar-refractivity contribution in [3.8, 4) is 33.4 Å². The summed E-state index contributed by atoms with van der Waals surface area (Å²) in [5.74, 6) is 0. The van der Waals surface area contributed by atoms with E-state index < -0.39 is 0 Å². The highest BCUT2D eigenvalue weighted by atomic mass is 16.3. The summed E-state index contributed by atoms with van der Waals surface area (Å²) in [6, 6.07) is 53.6. The minimum atomic E-state index is 0.610. The number of fused-ring (bicyclic) bond motifs is 9. The zero-order valence-corrected chi connectivity index (χ0v) is 26.3. The van der Waals surface area contributed by atoms with E-state index in [9.17, 15) is 0 Å². The van der Waals surface area contributed by atoms with Crippen LogP contribution in [0.3, 0.4) is 0 Å². The molecule has 0 aliphatic carbocycles. The van der Waals surface area contributed by atoms with Crippen LogP contribution in [-0.2, 0) is 0 Å². The molecule has 0 aliphatic heterocycles. The van der Waals surface area contributed by atoms with E-state index in [0.29, 0.717) is 5.69 Å². The molecule has 2 aromatic heterocycles. The number of aromatic nitrogens is 1. The molecule has 10 rings (SSSR count). The number of rotatable bonds is 3. The zero-order valence-electron chi connectivity index (χ0n) is 26.3. The molecule has 3 heteroatoms. The second kappa shape index (κ2) is 10.6. The topological polar surface area (TPSA) is 30.4 Å². The molecule has 0 spiro atoms. The van der Waals surface area contributed by atoms with E-state index in [0.717, 1.165) is 49.5 Å². The van der Waals surface area contributed by atoms with E-state index in [1.165, 1.54) is 49.0 Å². The summed E-state index contributed by atoms with van der Waals surface area (Å²) < 4.78 is 6.16. The molecule has 0 amide bonds. The van der Waals surface area contributed by atoms with E-state index in [-0.39, 0.29) is 0 Å². The highest BCUT2D eigenvalue weighted by Crippen LogP contribution is 2.43. The maximum absolute atomic E-state index is 7.52. The van der Waals surface area contributed by atoms with Crippen molar-refractivity contribution in [2.24, 2.45) is 0 Å². The van der Waals surface area contributed by atoms with E-state index in [1.807, 2.05) is 30.5 Å². The van der Waals surface area contributed by atoms with Crippen LogP contribution in [0.4, 0.5) is 5.69 Å². The second-order valence-electron chi connectivity index (χ2n) is 12.6. The lowest BCUT2D eigenvalue weighted by Crippen LogP contribution is -1.89. The first-order valence-corrected chi connectivity index (χ1v) is 16.4. The predicted molar refractivity (Wildman–Crippen MR) is 204 cm³/mol. The summed E-state index contributed by atoms with van der Waals surface area (Å²) in [5, 5.41) is 10.4. The zero-order chi connectivity index (χ0) is 32.5. The molecular weight excluding hydrogens is 597 g/mol. The Bertz CT molecular complexity index is 2990. The smallest absolute Gasteiger partial charge is 0.188 e. The predicted octanol–water partition coefficient (Wildman–Crippen LogP) is 13.1. The highest BCUT2D eigenvalue weighted by molar-refractivity contribution is 6.24. The van der Waals surface area contributed by atoms with Crippen molar-refractivity contribution < 1.29 is 4.42 Å². The number of benzene rings is 8. The SMILES string of the molecule is [C-]#[N+]c1ccc2oc3ccc(-c4cc5c6ccccc6c(-c6ccc(-c7cccc8cccnc78)cc6)cc5c5ccccc45)cc3c2c1. The molecule has 8 aromatic carbocycles. The molecule has 226 valence electrons. The van der Waals surface area contributed by atoms with Gasteiger partial charge in [-0.05, 0) is 103 Å². The van der Waals surface area contributed by atoms with Crippen LogP contribution in [0.5, 0.6) is 0 Å². The van der Waals surface area contributed by atoms with E-state index in [4.69, 9.17) is 11.0 Å².